The first-order valence-corrected chi connectivity index (χ1v) is 5.79. The zero-order valence-corrected chi connectivity index (χ0v) is 10.2. The second-order valence-corrected chi connectivity index (χ2v) is 4.76. The molecule has 6 heteroatoms. The van der Waals surface area contributed by atoms with Crippen LogP contribution in [0.15, 0.2) is 6.20 Å². The molecule has 1 fully saturated rings. The van der Waals surface area contributed by atoms with Gasteiger partial charge in [0, 0.05) is 6.42 Å². The third-order valence-corrected chi connectivity index (χ3v) is 3.18. The standard InChI is InChI=1S/C10H11Cl2N3O/c1-5-2-6(5)3-8(16)14-7-4-13-10(12)15-9(7)11/h4-6H,2-3H2,1H3,(H,14,16). The molecular weight excluding hydrogens is 249 g/mol. The Balaban J connectivity index is 1.95. The van der Waals surface area contributed by atoms with Crippen LogP contribution in [-0.2, 0) is 4.79 Å². The zero-order valence-electron chi connectivity index (χ0n) is 8.70. The Morgan fingerprint density at radius 3 is 2.88 bits per heavy atom. The fourth-order valence-electron chi connectivity index (χ4n) is 1.55. The number of carbonyl (C=O) groups is 1. The molecule has 0 aromatic carbocycles. The molecule has 2 unspecified atom stereocenters. The Morgan fingerprint density at radius 1 is 1.62 bits per heavy atom. The summed E-state index contributed by atoms with van der Waals surface area (Å²) in [4.78, 5) is 19.1. The Hall–Kier alpha value is -0.870. The minimum absolute atomic E-state index is 0.0535. The number of hydrogen-bond donors (Lipinski definition) is 1. The van der Waals surface area contributed by atoms with Crippen molar-refractivity contribution in [2.24, 2.45) is 11.8 Å². The van der Waals surface area contributed by atoms with E-state index in [2.05, 4.69) is 22.2 Å². The van der Waals surface area contributed by atoms with Crippen LogP contribution >= 0.6 is 23.2 Å². The number of amides is 1. The quantitative estimate of drug-likeness (QED) is 0.671. The molecule has 1 N–H and O–H groups in total. The normalized spacial score (nSPS) is 22.9. The van der Waals surface area contributed by atoms with E-state index in [0.29, 0.717) is 23.9 Å². The van der Waals surface area contributed by atoms with E-state index in [1.807, 2.05) is 0 Å². The van der Waals surface area contributed by atoms with Crippen molar-refractivity contribution in [3.8, 4) is 0 Å². The van der Waals surface area contributed by atoms with Gasteiger partial charge in [0.05, 0.1) is 11.9 Å². The van der Waals surface area contributed by atoms with Crippen LogP contribution in [0.4, 0.5) is 5.69 Å². The minimum Gasteiger partial charge on any atom is -0.322 e. The lowest BCUT2D eigenvalue weighted by atomic mass is 10.2. The van der Waals surface area contributed by atoms with Gasteiger partial charge in [0.1, 0.15) is 0 Å². The molecule has 86 valence electrons. The number of anilines is 1. The van der Waals surface area contributed by atoms with E-state index in [1.54, 1.807) is 0 Å². The summed E-state index contributed by atoms with van der Waals surface area (Å²) in [6.45, 7) is 2.14. The van der Waals surface area contributed by atoms with Gasteiger partial charge in [-0.25, -0.2) is 9.97 Å². The van der Waals surface area contributed by atoms with E-state index in [9.17, 15) is 4.79 Å². The van der Waals surface area contributed by atoms with Crippen molar-refractivity contribution in [1.29, 1.82) is 0 Å². The van der Waals surface area contributed by atoms with E-state index in [-0.39, 0.29) is 16.3 Å². The maximum Gasteiger partial charge on any atom is 0.224 e. The highest BCUT2D eigenvalue weighted by Crippen LogP contribution is 2.40. The molecule has 1 amide bonds. The number of halogens is 2. The number of nitrogens with zero attached hydrogens (tertiary/aromatic N) is 2. The first kappa shape index (κ1) is 11.6. The molecule has 2 rings (SSSR count). The van der Waals surface area contributed by atoms with Gasteiger partial charge in [-0.1, -0.05) is 18.5 Å². The first-order chi connectivity index (χ1) is 7.56. The maximum absolute atomic E-state index is 11.6. The summed E-state index contributed by atoms with van der Waals surface area (Å²) < 4.78 is 0. The van der Waals surface area contributed by atoms with Gasteiger partial charge in [0.2, 0.25) is 11.2 Å². The van der Waals surface area contributed by atoms with Crippen LogP contribution in [0, 0.1) is 11.8 Å². The third-order valence-electron chi connectivity index (χ3n) is 2.71. The van der Waals surface area contributed by atoms with Crippen LogP contribution in [0.3, 0.4) is 0 Å². The molecular formula is C10H11Cl2N3O. The molecule has 1 saturated carbocycles. The van der Waals surface area contributed by atoms with Gasteiger partial charge in [-0.2, -0.15) is 0 Å². The summed E-state index contributed by atoms with van der Waals surface area (Å²) in [5, 5.41) is 2.91. The topological polar surface area (TPSA) is 54.9 Å². The summed E-state index contributed by atoms with van der Waals surface area (Å²) in [5.41, 5.74) is 0.407. The monoisotopic (exact) mass is 259 g/mol. The highest BCUT2D eigenvalue weighted by atomic mass is 35.5. The van der Waals surface area contributed by atoms with Crippen LogP contribution in [0.5, 0.6) is 0 Å². The van der Waals surface area contributed by atoms with Crippen LogP contribution in [-0.4, -0.2) is 15.9 Å². The fourth-order valence-corrected chi connectivity index (χ4v) is 1.90. The van der Waals surface area contributed by atoms with E-state index in [1.165, 1.54) is 6.20 Å². The smallest absolute Gasteiger partial charge is 0.224 e. The van der Waals surface area contributed by atoms with Crippen molar-refractivity contribution in [3.63, 3.8) is 0 Å². The average molecular weight is 260 g/mol. The first-order valence-electron chi connectivity index (χ1n) is 5.04. The van der Waals surface area contributed by atoms with Gasteiger partial charge < -0.3 is 5.32 Å². The lowest BCUT2D eigenvalue weighted by Crippen LogP contribution is -2.13. The van der Waals surface area contributed by atoms with Gasteiger partial charge in [-0.3, -0.25) is 4.79 Å². The van der Waals surface area contributed by atoms with Crippen LogP contribution in [0.1, 0.15) is 19.8 Å². The van der Waals surface area contributed by atoms with Gasteiger partial charge in [-0.05, 0) is 29.9 Å². The third kappa shape index (κ3) is 2.83. The van der Waals surface area contributed by atoms with Crippen molar-refractivity contribution >= 4 is 34.8 Å². The molecule has 4 nitrogen and oxygen atoms in total. The summed E-state index contributed by atoms with van der Waals surface area (Å²) in [6, 6.07) is 0. The van der Waals surface area contributed by atoms with E-state index in [4.69, 9.17) is 23.2 Å². The second-order valence-electron chi connectivity index (χ2n) is 4.07. The Kier molecular flexibility index (Phi) is 3.30. The number of hydrogen-bond acceptors (Lipinski definition) is 3. The van der Waals surface area contributed by atoms with Gasteiger partial charge >= 0.3 is 0 Å². The Labute approximate surface area is 103 Å². The maximum atomic E-state index is 11.6. The number of nitrogens with one attached hydrogen (secondary N) is 1. The number of rotatable bonds is 3. The molecule has 1 aliphatic rings. The fraction of sp³-hybridized carbons (Fsp3) is 0.500. The van der Waals surface area contributed by atoms with Gasteiger partial charge in [0.25, 0.3) is 0 Å². The van der Waals surface area contributed by atoms with E-state index >= 15 is 0 Å². The van der Waals surface area contributed by atoms with Crippen LogP contribution in [0.2, 0.25) is 10.4 Å². The Bertz CT molecular complexity index is 425. The molecule has 0 bridgehead atoms. The van der Waals surface area contributed by atoms with Crippen LogP contribution < -0.4 is 5.32 Å². The van der Waals surface area contributed by atoms with Crippen molar-refractivity contribution < 1.29 is 4.79 Å². The highest BCUT2D eigenvalue weighted by molar-refractivity contribution is 6.34. The molecule has 1 aromatic rings. The predicted octanol–water partition coefficient (Wildman–Crippen LogP) is 2.77. The molecule has 2 atom stereocenters. The van der Waals surface area contributed by atoms with Gasteiger partial charge in [0.15, 0.2) is 5.15 Å². The SMILES string of the molecule is CC1CC1CC(=O)Nc1cnc(Cl)nc1Cl. The van der Waals surface area contributed by atoms with Crippen molar-refractivity contribution in [2.45, 2.75) is 19.8 Å². The summed E-state index contributed by atoms with van der Waals surface area (Å²) in [6.07, 6.45) is 3.06. The molecule has 1 aliphatic carbocycles. The number of aromatic nitrogens is 2. The zero-order chi connectivity index (χ0) is 11.7. The summed E-state index contributed by atoms with van der Waals surface area (Å²) in [5.74, 6) is 1.11. The highest BCUT2D eigenvalue weighted by Gasteiger charge is 2.34. The predicted molar refractivity (Wildman–Crippen MR) is 62.6 cm³/mol. The molecule has 1 aromatic heterocycles. The number of carbonyl (C=O) groups excluding carboxylic acids is 1. The minimum atomic E-state index is -0.0535. The average Bonchev–Trinajstić information content (AvgIpc) is 2.86. The van der Waals surface area contributed by atoms with Crippen molar-refractivity contribution in [3.05, 3.63) is 16.6 Å². The lowest BCUT2D eigenvalue weighted by Gasteiger charge is -2.05. The van der Waals surface area contributed by atoms with Crippen molar-refractivity contribution in [1.82, 2.24) is 9.97 Å². The second kappa shape index (κ2) is 4.55. The molecule has 0 saturated heterocycles. The molecule has 0 aliphatic heterocycles. The van der Waals surface area contributed by atoms with Crippen molar-refractivity contribution in [2.75, 3.05) is 5.32 Å². The molecule has 16 heavy (non-hydrogen) atoms. The Morgan fingerprint density at radius 2 is 2.31 bits per heavy atom. The summed E-state index contributed by atoms with van der Waals surface area (Å²) >= 11 is 11.4. The molecule has 1 heterocycles. The van der Waals surface area contributed by atoms with E-state index in [0.717, 1.165) is 6.42 Å². The molecule has 0 radical (unpaired) electrons. The van der Waals surface area contributed by atoms with Gasteiger partial charge in [-0.15, -0.1) is 0 Å². The molecule has 0 spiro atoms. The van der Waals surface area contributed by atoms with E-state index < -0.39 is 0 Å². The lowest BCUT2D eigenvalue weighted by molar-refractivity contribution is -0.116. The largest absolute Gasteiger partial charge is 0.322 e. The van der Waals surface area contributed by atoms with Crippen LogP contribution in [0.25, 0.3) is 0 Å². The summed E-state index contributed by atoms with van der Waals surface area (Å²) in [7, 11) is 0.